The lowest BCUT2D eigenvalue weighted by atomic mass is 10.0. The van der Waals surface area contributed by atoms with Gasteiger partial charge in [-0.2, -0.15) is 11.8 Å². The summed E-state index contributed by atoms with van der Waals surface area (Å²) in [6, 6.07) is 0.736. The second-order valence-electron chi connectivity index (χ2n) is 6.01. The van der Waals surface area contributed by atoms with E-state index in [4.69, 9.17) is 5.73 Å². The van der Waals surface area contributed by atoms with Crippen LogP contribution in [0.3, 0.4) is 0 Å². The monoisotopic (exact) mass is 281 g/mol. The Hall–Kier alpha value is -0.480. The van der Waals surface area contributed by atoms with Crippen LogP contribution in [0.4, 0.5) is 0 Å². The van der Waals surface area contributed by atoms with Gasteiger partial charge in [0.25, 0.3) is 0 Å². The minimum Gasteiger partial charge on any atom is -0.330 e. The largest absolute Gasteiger partial charge is 0.330 e. The van der Waals surface area contributed by atoms with Gasteiger partial charge in [-0.3, -0.25) is 0 Å². The summed E-state index contributed by atoms with van der Waals surface area (Å²) in [7, 11) is 0. The van der Waals surface area contributed by atoms with Crippen LogP contribution in [0.5, 0.6) is 0 Å². The first-order valence-corrected chi connectivity index (χ1v) is 8.55. The number of rotatable bonds is 6. The molecule has 1 aromatic rings. The van der Waals surface area contributed by atoms with Crippen LogP contribution in [-0.4, -0.2) is 20.6 Å². The summed E-state index contributed by atoms with van der Waals surface area (Å²) in [5.74, 6) is 1.85. The molecule has 2 N–H and O–H groups in total. The second kappa shape index (κ2) is 6.80. The van der Waals surface area contributed by atoms with Gasteiger partial charge in [0.1, 0.15) is 0 Å². The third-order valence-electron chi connectivity index (χ3n) is 3.95. The summed E-state index contributed by atoms with van der Waals surface area (Å²) in [5.41, 5.74) is 7.56. The Morgan fingerprint density at radius 3 is 2.95 bits per heavy atom. The van der Waals surface area contributed by atoms with E-state index < -0.39 is 0 Å². The molecular weight excluding hydrogens is 254 g/mol. The van der Waals surface area contributed by atoms with Crippen LogP contribution in [0, 0.1) is 5.92 Å². The van der Waals surface area contributed by atoms with Crippen molar-refractivity contribution in [3.8, 4) is 0 Å². The van der Waals surface area contributed by atoms with E-state index in [9.17, 15) is 0 Å². The van der Waals surface area contributed by atoms with E-state index in [2.05, 4.69) is 42.1 Å². The number of hydrogen-bond donors (Lipinski definition) is 1. The van der Waals surface area contributed by atoms with Crippen molar-refractivity contribution in [1.82, 2.24) is 9.55 Å². The first-order chi connectivity index (χ1) is 9.11. The van der Waals surface area contributed by atoms with Gasteiger partial charge in [-0.05, 0) is 37.4 Å². The fraction of sp³-hybridized carbons (Fsp3) is 0.800. The topological polar surface area (TPSA) is 43.8 Å². The minimum absolute atomic E-state index is 0.125. The molecule has 1 aliphatic carbocycles. The number of imidazole rings is 1. The van der Waals surface area contributed by atoms with Crippen LogP contribution in [0.1, 0.15) is 64.2 Å². The van der Waals surface area contributed by atoms with Gasteiger partial charge in [0, 0.05) is 23.5 Å². The van der Waals surface area contributed by atoms with Gasteiger partial charge in [-0.15, -0.1) is 0 Å². The molecule has 0 saturated heterocycles. The summed E-state index contributed by atoms with van der Waals surface area (Å²) >= 11 is 2.10. The maximum absolute atomic E-state index is 6.34. The van der Waals surface area contributed by atoms with E-state index >= 15 is 0 Å². The fourth-order valence-corrected chi connectivity index (χ4v) is 4.23. The summed E-state index contributed by atoms with van der Waals surface area (Å²) < 4.78 is 2.35. The summed E-state index contributed by atoms with van der Waals surface area (Å²) in [6.07, 6.45) is 8.87. The Labute approximate surface area is 121 Å². The zero-order valence-electron chi connectivity index (χ0n) is 12.4. The molecule has 0 amide bonds. The highest BCUT2D eigenvalue weighted by Crippen LogP contribution is 2.38. The minimum atomic E-state index is 0.125. The average Bonchev–Trinajstić information content (AvgIpc) is 2.95. The molecule has 0 bridgehead atoms. The molecule has 1 aromatic heterocycles. The van der Waals surface area contributed by atoms with Crippen LogP contribution in [0.15, 0.2) is 12.5 Å². The Kier molecular flexibility index (Phi) is 5.34. The summed E-state index contributed by atoms with van der Waals surface area (Å²) in [4.78, 5) is 4.34. The highest BCUT2D eigenvalue weighted by atomic mass is 32.2. The van der Waals surface area contributed by atoms with Crippen molar-refractivity contribution in [1.29, 1.82) is 0 Å². The molecule has 1 saturated carbocycles. The van der Waals surface area contributed by atoms with Crippen LogP contribution < -0.4 is 5.73 Å². The fourth-order valence-electron chi connectivity index (χ4n) is 3.09. The third kappa shape index (κ3) is 3.76. The van der Waals surface area contributed by atoms with Gasteiger partial charge in [0.2, 0.25) is 0 Å². The molecule has 4 heteroatoms. The summed E-state index contributed by atoms with van der Waals surface area (Å²) in [5, 5.41) is 0.826. The van der Waals surface area contributed by atoms with Crippen LogP contribution >= 0.6 is 11.8 Å². The smallest absolute Gasteiger partial charge is 0.0951 e. The third-order valence-corrected chi connectivity index (χ3v) is 5.19. The molecule has 19 heavy (non-hydrogen) atoms. The number of nitrogens with zero attached hydrogens (tertiary/aromatic N) is 2. The van der Waals surface area contributed by atoms with Crippen LogP contribution in [0.25, 0.3) is 0 Å². The number of hydrogen-bond acceptors (Lipinski definition) is 3. The SMILES string of the molecule is CCSC1CCC(n2cncc2C(N)CC(C)C)C1. The molecular formula is C15H27N3S. The van der Waals surface area contributed by atoms with Crippen molar-refractivity contribution in [2.45, 2.75) is 63.8 Å². The predicted molar refractivity (Wildman–Crippen MR) is 83.4 cm³/mol. The Morgan fingerprint density at radius 2 is 2.26 bits per heavy atom. The normalized spacial score (nSPS) is 25.1. The Bertz CT molecular complexity index is 388. The maximum atomic E-state index is 6.34. The first-order valence-electron chi connectivity index (χ1n) is 7.50. The molecule has 0 aromatic carbocycles. The number of thioether (sulfide) groups is 1. The van der Waals surface area contributed by atoms with Crippen molar-refractivity contribution in [3.63, 3.8) is 0 Å². The van der Waals surface area contributed by atoms with E-state index in [1.54, 1.807) is 0 Å². The molecule has 3 atom stereocenters. The highest BCUT2D eigenvalue weighted by Gasteiger charge is 2.28. The lowest BCUT2D eigenvalue weighted by molar-refractivity contribution is 0.446. The highest BCUT2D eigenvalue weighted by molar-refractivity contribution is 7.99. The molecule has 1 aliphatic rings. The number of aromatic nitrogens is 2. The molecule has 3 nitrogen and oxygen atoms in total. The van der Waals surface area contributed by atoms with Crippen molar-refractivity contribution < 1.29 is 0 Å². The van der Waals surface area contributed by atoms with Gasteiger partial charge in [0.05, 0.1) is 12.0 Å². The zero-order valence-corrected chi connectivity index (χ0v) is 13.2. The van der Waals surface area contributed by atoms with E-state index in [-0.39, 0.29) is 6.04 Å². The van der Waals surface area contributed by atoms with Gasteiger partial charge in [0.15, 0.2) is 0 Å². The molecule has 1 fully saturated rings. The van der Waals surface area contributed by atoms with Crippen LogP contribution in [-0.2, 0) is 0 Å². The zero-order chi connectivity index (χ0) is 13.8. The maximum Gasteiger partial charge on any atom is 0.0951 e. The van der Waals surface area contributed by atoms with Crippen molar-refractivity contribution in [3.05, 3.63) is 18.2 Å². The molecule has 0 aliphatic heterocycles. The van der Waals surface area contributed by atoms with Gasteiger partial charge in [-0.25, -0.2) is 4.98 Å². The van der Waals surface area contributed by atoms with Crippen molar-refractivity contribution in [2.75, 3.05) is 5.75 Å². The first kappa shape index (κ1) is 14.9. The average molecular weight is 281 g/mol. The Balaban J connectivity index is 2.03. The van der Waals surface area contributed by atoms with E-state index in [1.807, 2.05) is 12.5 Å². The summed E-state index contributed by atoms with van der Waals surface area (Å²) in [6.45, 7) is 6.70. The standard InChI is InChI=1S/C15H27N3S/c1-4-19-13-6-5-12(8-13)18-10-17-9-15(18)14(16)7-11(2)3/h9-14H,4-8,16H2,1-3H3. The van der Waals surface area contributed by atoms with E-state index in [0.717, 1.165) is 11.7 Å². The second-order valence-corrected chi connectivity index (χ2v) is 7.58. The lowest BCUT2D eigenvalue weighted by Crippen LogP contribution is -2.19. The van der Waals surface area contributed by atoms with Gasteiger partial charge < -0.3 is 10.3 Å². The van der Waals surface area contributed by atoms with Crippen LogP contribution in [0.2, 0.25) is 0 Å². The molecule has 108 valence electrons. The molecule has 3 unspecified atom stereocenters. The van der Waals surface area contributed by atoms with E-state index in [0.29, 0.717) is 12.0 Å². The van der Waals surface area contributed by atoms with Gasteiger partial charge in [-0.1, -0.05) is 20.8 Å². The van der Waals surface area contributed by atoms with Crippen molar-refractivity contribution >= 4 is 11.8 Å². The van der Waals surface area contributed by atoms with Gasteiger partial charge >= 0.3 is 0 Å². The molecule has 0 spiro atoms. The molecule has 2 rings (SSSR count). The molecule has 0 radical (unpaired) electrons. The lowest BCUT2D eigenvalue weighted by Gasteiger charge is -2.20. The molecule has 1 heterocycles. The number of nitrogens with two attached hydrogens (primary N) is 1. The van der Waals surface area contributed by atoms with Crippen molar-refractivity contribution in [2.24, 2.45) is 11.7 Å². The van der Waals surface area contributed by atoms with E-state index in [1.165, 1.54) is 30.7 Å². The Morgan fingerprint density at radius 1 is 1.47 bits per heavy atom. The quantitative estimate of drug-likeness (QED) is 0.863. The predicted octanol–water partition coefficient (Wildman–Crippen LogP) is 3.78.